The predicted molar refractivity (Wildman–Crippen MR) is 69.2 cm³/mol. The van der Waals surface area contributed by atoms with Crippen LogP contribution in [0, 0.1) is 0 Å². The molecule has 0 unspecified atom stereocenters. The normalized spacial score (nSPS) is 13.0. The average molecular weight is 398 g/mol. The Bertz CT molecular complexity index is 351. The van der Waals surface area contributed by atoms with Gasteiger partial charge in [0.05, 0.1) is 0 Å². The van der Waals surface area contributed by atoms with E-state index in [4.69, 9.17) is 0 Å². The molecule has 0 aliphatic carbocycles. The number of benzene rings is 1. The summed E-state index contributed by atoms with van der Waals surface area (Å²) in [4.78, 5) is 0. The van der Waals surface area contributed by atoms with Crippen molar-refractivity contribution < 1.29 is 0 Å². The summed E-state index contributed by atoms with van der Waals surface area (Å²) in [6, 6.07) is 6.76. The average Bonchev–Trinajstić information content (AvgIpc) is 1.99. The Labute approximate surface area is 109 Å². The van der Waals surface area contributed by atoms with Crippen molar-refractivity contribution in [1.82, 2.24) is 0 Å². The first-order chi connectivity index (χ1) is 6.64. The molecule has 1 heteroatoms. The molecule has 0 spiro atoms. The Morgan fingerprint density at radius 1 is 0.867 bits per heavy atom. The van der Waals surface area contributed by atoms with Crippen LogP contribution in [-0.4, -0.2) is 24.7 Å². The number of hydrogen-bond donors (Lipinski definition) is 0. The zero-order chi connectivity index (χ0) is 11.9. The van der Waals surface area contributed by atoms with E-state index in [0.717, 1.165) is 0 Å². The van der Waals surface area contributed by atoms with Crippen molar-refractivity contribution in [3.8, 4) is 0 Å². The monoisotopic (exact) mass is 398 g/mol. The Hall–Kier alpha value is 0.103. The van der Waals surface area contributed by atoms with Gasteiger partial charge in [0.1, 0.15) is 0 Å². The van der Waals surface area contributed by atoms with Crippen molar-refractivity contribution in [3.05, 3.63) is 29.3 Å². The van der Waals surface area contributed by atoms with E-state index in [1.807, 2.05) is 0 Å². The molecule has 0 saturated carbocycles. The predicted octanol–water partition coefficient (Wildman–Crippen LogP) is 3.08. The first kappa shape index (κ1) is 13.2. The first-order valence-electron chi connectivity index (χ1n) is 5.47. The van der Waals surface area contributed by atoms with E-state index in [1.54, 1.807) is 5.56 Å². The summed E-state index contributed by atoms with van der Waals surface area (Å²) in [5.74, 6) is 0. The molecule has 0 heterocycles. The van der Waals surface area contributed by atoms with Crippen LogP contribution in [0.5, 0.6) is 0 Å². The molecule has 0 atom stereocenters. The maximum atomic E-state index is 2.31. The van der Waals surface area contributed by atoms with Gasteiger partial charge in [-0.1, -0.05) is 0 Å². The van der Waals surface area contributed by atoms with Gasteiger partial charge in [-0.05, 0) is 0 Å². The van der Waals surface area contributed by atoms with Crippen LogP contribution in [0.1, 0.15) is 52.7 Å². The van der Waals surface area contributed by atoms with Gasteiger partial charge in [-0.3, -0.25) is 0 Å². The fourth-order valence-corrected chi connectivity index (χ4v) is 4.06. The molecule has 0 fully saturated rings. The fourth-order valence-electron chi connectivity index (χ4n) is 1.95. The molecule has 82 valence electrons. The second-order valence-electron chi connectivity index (χ2n) is 6.20. The molecular formula is C14H21Bi. The molecule has 0 aliphatic heterocycles. The number of rotatable bonds is 0. The quantitative estimate of drug-likeness (QED) is 0.590. The molecule has 0 saturated heterocycles. The van der Waals surface area contributed by atoms with Gasteiger partial charge in [0, 0.05) is 0 Å². The minimum atomic E-state index is 0.249. The molecule has 1 rings (SSSR count). The Morgan fingerprint density at radius 2 is 1.40 bits per heavy atom. The van der Waals surface area contributed by atoms with Crippen LogP contribution in [0.25, 0.3) is 0 Å². The zero-order valence-corrected chi connectivity index (χ0v) is 14.2. The Morgan fingerprint density at radius 3 is 1.73 bits per heavy atom. The first-order valence-corrected chi connectivity index (χ1v) is 7.21. The molecular weight excluding hydrogens is 377 g/mol. The van der Waals surface area contributed by atoms with Gasteiger partial charge in [0.15, 0.2) is 0 Å². The standard InChI is InChI=1S/C14H21.Bi/c1-13(2,3)11-9-7-8-10-12(11)14(4,5)6;/h7-9H,1-6H3;. The van der Waals surface area contributed by atoms with Gasteiger partial charge in [-0.15, -0.1) is 0 Å². The van der Waals surface area contributed by atoms with Gasteiger partial charge in [-0.2, -0.15) is 0 Å². The second kappa shape index (κ2) is 4.17. The third kappa shape index (κ3) is 3.03. The second-order valence-corrected chi connectivity index (χ2v) is 8.07. The van der Waals surface area contributed by atoms with Crippen molar-refractivity contribution >= 4 is 28.0 Å². The van der Waals surface area contributed by atoms with Crippen LogP contribution >= 0.6 is 0 Å². The van der Waals surface area contributed by atoms with E-state index < -0.39 is 0 Å². The molecule has 2 radical (unpaired) electrons. The third-order valence-electron chi connectivity index (χ3n) is 2.60. The summed E-state index contributed by atoms with van der Waals surface area (Å²) in [5, 5.41) is 0. The minimum absolute atomic E-state index is 0.249. The molecule has 0 aliphatic rings. The van der Waals surface area contributed by atoms with Gasteiger partial charge in [0.2, 0.25) is 0 Å². The molecule has 0 bridgehead atoms. The SMILES string of the molecule is CC(C)(C)c1ccc[c]([Bi])c1C(C)(C)C. The molecule has 1 aromatic carbocycles. The third-order valence-corrected chi connectivity index (χ3v) is 4.05. The number of hydrogen-bond acceptors (Lipinski definition) is 0. The topological polar surface area (TPSA) is 0 Å². The van der Waals surface area contributed by atoms with Crippen molar-refractivity contribution in [3.63, 3.8) is 0 Å². The van der Waals surface area contributed by atoms with Crippen LogP contribution < -0.4 is 3.27 Å². The van der Waals surface area contributed by atoms with E-state index in [9.17, 15) is 0 Å². The summed E-state index contributed by atoms with van der Waals surface area (Å²) < 4.78 is 1.52. The molecule has 0 N–H and O–H groups in total. The van der Waals surface area contributed by atoms with E-state index in [2.05, 4.69) is 59.7 Å². The molecule has 15 heavy (non-hydrogen) atoms. The van der Waals surface area contributed by atoms with E-state index in [-0.39, 0.29) is 10.8 Å². The van der Waals surface area contributed by atoms with Crippen molar-refractivity contribution in [2.45, 2.75) is 52.4 Å². The van der Waals surface area contributed by atoms with Crippen LogP contribution in [0.2, 0.25) is 0 Å². The molecule has 0 aromatic heterocycles. The molecule has 0 nitrogen and oxygen atoms in total. The zero-order valence-electron chi connectivity index (χ0n) is 10.7. The summed E-state index contributed by atoms with van der Waals surface area (Å²) in [6.07, 6.45) is 0. The van der Waals surface area contributed by atoms with Crippen molar-refractivity contribution in [1.29, 1.82) is 0 Å². The van der Waals surface area contributed by atoms with Crippen LogP contribution in [0.4, 0.5) is 0 Å². The maximum absolute atomic E-state index is 2.31. The summed E-state index contributed by atoms with van der Waals surface area (Å²) >= 11 is 1.35. The molecule has 1 aromatic rings. The van der Waals surface area contributed by atoms with Crippen LogP contribution in [0.3, 0.4) is 0 Å². The van der Waals surface area contributed by atoms with Gasteiger partial charge >= 0.3 is 110 Å². The van der Waals surface area contributed by atoms with Crippen molar-refractivity contribution in [2.75, 3.05) is 0 Å². The summed E-state index contributed by atoms with van der Waals surface area (Å²) in [7, 11) is 0. The molecule has 0 amide bonds. The van der Waals surface area contributed by atoms with E-state index >= 15 is 0 Å². The van der Waals surface area contributed by atoms with Crippen LogP contribution in [-0.2, 0) is 10.8 Å². The summed E-state index contributed by atoms with van der Waals surface area (Å²) in [5.41, 5.74) is 3.58. The van der Waals surface area contributed by atoms with Gasteiger partial charge in [-0.25, -0.2) is 0 Å². The van der Waals surface area contributed by atoms with Crippen molar-refractivity contribution in [2.24, 2.45) is 0 Å². The Kier molecular flexibility index (Phi) is 3.66. The van der Waals surface area contributed by atoms with Crippen LogP contribution in [0.15, 0.2) is 18.2 Å². The summed E-state index contributed by atoms with van der Waals surface area (Å²) in [6.45, 7) is 13.8. The Balaban J connectivity index is 3.48. The van der Waals surface area contributed by atoms with Gasteiger partial charge < -0.3 is 0 Å². The van der Waals surface area contributed by atoms with E-state index in [1.165, 1.54) is 33.6 Å². The van der Waals surface area contributed by atoms with E-state index in [0.29, 0.717) is 0 Å². The fraction of sp³-hybridized carbons (Fsp3) is 0.571. The van der Waals surface area contributed by atoms with Gasteiger partial charge in [0.25, 0.3) is 0 Å².